The van der Waals surface area contributed by atoms with E-state index in [1.807, 2.05) is 6.92 Å². The normalized spacial score (nSPS) is 10.8. The molecule has 822 valence electrons. The van der Waals surface area contributed by atoms with E-state index in [1.165, 1.54) is 264 Å². The Labute approximate surface area is 909 Å². The van der Waals surface area contributed by atoms with Crippen LogP contribution >= 0.6 is 11.6 Å². The summed E-state index contributed by atoms with van der Waals surface area (Å²) in [5, 5.41) is 0.858. The molecule has 0 aliphatic heterocycles. The van der Waals surface area contributed by atoms with Gasteiger partial charge in [0.05, 0.1) is 0 Å². The van der Waals surface area contributed by atoms with Gasteiger partial charge in [0.1, 0.15) is 0 Å². The molecule has 0 aliphatic rings. The summed E-state index contributed by atoms with van der Waals surface area (Å²) in [7, 11) is 23.7. The number of anilines is 10. The predicted octanol–water partition coefficient (Wildman–Crippen LogP) is 38.4. The van der Waals surface area contributed by atoms with E-state index in [2.05, 4.69) is 511 Å². The van der Waals surface area contributed by atoms with Crippen molar-refractivity contribution < 1.29 is 0 Å². The third-order valence-corrected chi connectivity index (χ3v) is 27.6. The lowest BCUT2D eigenvalue weighted by atomic mass is 10.1. The van der Waals surface area contributed by atoms with E-state index in [1.54, 1.807) is 0 Å². The van der Waals surface area contributed by atoms with Crippen LogP contribution in [0.1, 0.15) is 337 Å². The van der Waals surface area contributed by atoms with E-state index in [4.69, 9.17) is 11.6 Å². The molecule has 0 radical (unpaired) electrons. The summed E-state index contributed by atoms with van der Waals surface area (Å²) in [6.45, 7) is 66.5. The fourth-order valence-corrected chi connectivity index (χ4v) is 16.8. The van der Waals surface area contributed by atoms with Crippen LogP contribution in [0.5, 0.6) is 0 Å². The number of hydrogen-bond acceptors (Lipinski definition) is 10. The maximum absolute atomic E-state index is 6.13. The summed E-state index contributed by atoms with van der Waals surface area (Å²) in [5.41, 5.74) is 22.2. The van der Waals surface area contributed by atoms with Gasteiger partial charge in [0, 0.05) is 198 Å². The fraction of sp³-hybridized carbons (Fsp3) is 0.600. The summed E-state index contributed by atoms with van der Waals surface area (Å²) >= 11 is 6.13. The van der Waals surface area contributed by atoms with E-state index in [0.29, 0.717) is 0 Å². The third kappa shape index (κ3) is 71.0. The van der Waals surface area contributed by atoms with Crippen molar-refractivity contribution in [3.63, 3.8) is 0 Å². The van der Waals surface area contributed by atoms with E-state index < -0.39 is 0 Å². The van der Waals surface area contributed by atoms with Crippen LogP contribution in [0.25, 0.3) is 0 Å². The van der Waals surface area contributed by atoms with E-state index in [0.717, 1.165) is 123 Å². The molecule has 0 spiro atoms. The van der Waals surface area contributed by atoms with Crippen molar-refractivity contribution in [1.82, 2.24) is 0 Å². The summed E-state index contributed by atoms with van der Waals surface area (Å²) in [4.78, 5) is 23.2. The molecule has 146 heavy (non-hydrogen) atoms. The zero-order valence-electron chi connectivity index (χ0n) is 101. The first-order chi connectivity index (χ1) is 69.3. The number of aryl methyl sites for hydroxylation is 7. The minimum Gasteiger partial charge on any atom is -0.378 e. The molecule has 0 heterocycles. The van der Waals surface area contributed by atoms with Gasteiger partial charge in [0.15, 0.2) is 0 Å². The SMILES string of the molecule is CC(C)CCCCN(C)c1ccc(N(C)C)cc1.CC(C)CCCCN(C)c1ccccc1.Cc1ccc(N(C)CCCCC(C)C)cc1.Cc1ccc(N(C)CCCCC(C)C)cc1.Cc1ccc(N(C)CCCCC(C)C)cc1.Cc1ccc(N(C)CCCCC(C)C)cc1.Cc1ccc(N(C)CCCCC(C)C)cc1.Cc1ccc(N(C)CCCCC(C)C)cc1.Cc1ccc(N(C)CCCCC(C)C)cc1Cl. The Balaban J connectivity index is 0.000000822. The van der Waals surface area contributed by atoms with Crippen LogP contribution in [0, 0.1) is 102 Å². The van der Waals surface area contributed by atoms with E-state index >= 15 is 0 Å². The number of rotatable bonds is 55. The Morgan fingerprint density at radius 3 is 0.452 bits per heavy atom. The molecule has 9 rings (SSSR count). The van der Waals surface area contributed by atoms with Gasteiger partial charge in [-0.2, -0.15) is 0 Å². The fourth-order valence-electron chi connectivity index (χ4n) is 16.6. The zero-order valence-corrected chi connectivity index (χ0v) is 102. The molecule has 0 aliphatic carbocycles. The standard InChI is InChI=1S/C16H28N2.C15H24ClN.6C15H25N.C14H23N/c1-14(2)8-6-7-13-18(5)16-11-9-15(10-12-16)17(3)4;1-12(2)7-5-6-10-17(4)14-9-8-13(3)15(16)11-14;6*1-13(2)7-5-6-12-16(4)15-10-8-14(3)9-11-15;1-13(2)9-7-8-12-15(3)14-10-5-4-6-11-14/h9-12,14H,6-8,13H2,1-5H3;8-9,11-12H,5-7,10H2,1-4H3;6*8-11,13H,5-7,12H2,1-4H3;4-6,10-11,13H,7-9,12H2,1-3H3. The highest BCUT2D eigenvalue weighted by molar-refractivity contribution is 6.31. The van der Waals surface area contributed by atoms with Crippen molar-refractivity contribution in [2.75, 3.05) is 185 Å². The second-order valence-electron chi connectivity index (χ2n) is 46.5. The number of hydrogen-bond donors (Lipinski definition) is 0. The maximum atomic E-state index is 6.13. The minimum atomic E-state index is 0.814. The molecule has 0 N–H and O–H groups in total. The summed E-state index contributed by atoms with van der Waals surface area (Å²) in [5.74, 6) is 7.51. The molecule has 10 nitrogen and oxygen atoms in total. The van der Waals surface area contributed by atoms with Gasteiger partial charge in [-0.05, 0) is 286 Å². The van der Waals surface area contributed by atoms with Gasteiger partial charge in [-0.3, -0.25) is 0 Å². The van der Waals surface area contributed by atoms with Crippen LogP contribution in [-0.2, 0) is 0 Å². The van der Waals surface area contributed by atoms with Crippen molar-refractivity contribution in [3.05, 3.63) is 262 Å². The predicted molar refractivity (Wildman–Crippen MR) is 668 cm³/mol. The van der Waals surface area contributed by atoms with Crippen LogP contribution in [0.15, 0.2) is 218 Å². The van der Waals surface area contributed by atoms with E-state index in [9.17, 15) is 0 Å². The van der Waals surface area contributed by atoms with Crippen molar-refractivity contribution >= 4 is 68.5 Å². The Kier molecular flexibility index (Phi) is 76.1. The largest absolute Gasteiger partial charge is 0.378 e. The highest BCUT2D eigenvalue weighted by atomic mass is 35.5. The van der Waals surface area contributed by atoms with Crippen LogP contribution < -0.4 is 49.0 Å². The van der Waals surface area contributed by atoms with Crippen LogP contribution in [0.4, 0.5) is 56.9 Å². The second kappa shape index (κ2) is 82.1. The number of halogens is 1. The monoisotopic (exact) mass is 2020 g/mol. The first-order valence-electron chi connectivity index (χ1n) is 57.7. The number of unbranched alkanes of at least 4 members (excludes halogenated alkanes) is 9. The Morgan fingerprint density at radius 1 is 0.164 bits per heavy atom. The number of para-hydroxylation sites is 1. The Hall–Kier alpha value is -8.73. The summed E-state index contributed by atoms with van der Waals surface area (Å²) < 4.78 is 0. The highest BCUT2D eigenvalue weighted by Gasteiger charge is 2.12. The first-order valence-corrected chi connectivity index (χ1v) is 58.0. The molecule has 0 bridgehead atoms. The van der Waals surface area contributed by atoms with Crippen molar-refractivity contribution in [2.24, 2.45) is 53.3 Å². The summed E-state index contributed by atoms with van der Waals surface area (Å²) in [6, 6.07) is 78.3. The van der Waals surface area contributed by atoms with Crippen LogP contribution in [0.3, 0.4) is 0 Å². The lowest BCUT2D eigenvalue weighted by Crippen LogP contribution is -2.18. The van der Waals surface area contributed by atoms with E-state index in [-0.39, 0.29) is 0 Å². The smallest absolute Gasteiger partial charge is 0.0455 e. The van der Waals surface area contributed by atoms with Gasteiger partial charge in [-0.1, -0.05) is 382 Å². The van der Waals surface area contributed by atoms with Crippen molar-refractivity contribution in [3.8, 4) is 0 Å². The lowest BCUT2D eigenvalue weighted by molar-refractivity contribution is 0.538. The Bertz CT molecular complexity index is 3990. The molecule has 0 atom stereocenters. The van der Waals surface area contributed by atoms with Gasteiger partial charge in [-0.25, -0.2) is 0 Å². The van der Waals surface area contributed by atoms with Gasteiger partial charge in [-0.15, -0.1) is 0 Å². The van der Waals surface area contributed by atoms with Gasteiger partial charge in [0.2, 0.25) is 0 Å². The first kappa shape index (κ1) is 135. The molecule has 0 aromatic heterocycles. The molecule has 0 amide bonds. The van der Waals surface area contributed by atoms with Crippen molar-refractivity contribution in [2.45, 2.75) is 346 Å². The molecule has 0 unspecified atom stereocenters. The molecule has 9 aromatic carbocycles. The van der Waals surface area contributed by atoms with Gasteiger partial charge in [0.25, 0.3) is 0 Å². The average Bonchev–Trinajstić information content (AvgIpc) is 0.854. The van der Waals surface area contributed by atoms with Crippen LogP contribution in [-0.4, -0.2) is 136 Å². The highest BCUT2D eigenvalue weighted by Crippen LogP contribution is 2.28. The number of benzene rings is 9. The molecule has 0 saturated heterocycles. The topological polar surface area (TPSA) is 32.4 Å². The second-order valence-corrected chi connectivity index (χ2v) is 46.9. The minimum absolute atomic E-state index is 0.814. The molecule has 9 aromatic rings. The molecule has 11 heteroatoms. The average molecular weight is 2020 g/mol. The maximum Gasteiger partial charge on any atom is 0.0455 e. The van der Waals surface area contributed by atoms with Gasteiger partial charge >= 0.3 is 0 Å². The van der Waals surface area contributed by atoms with Gasteiger partial charge < -0.3 is 49.0 Å². The molecule has 0 saturated carbocycles. The molecule has 0 fully saturated rings. The quantitative estimate of drug-likeness (QED) is 0.0344. The molecular formula is C135H225ClN10. The summed E-state index contributed by atoms with van der Waals surface area (Å²) in [6.07, 6.45) is 35.7. The van der Waals surface area contributed by atoms with Crippen molar-refractivity contribution in [1.29, 1.82) is 0 Å². The Morgan fingerprint density at radius 2 is 0.301 bits per heavy atom. The third-order valence-electron chi connectivity index (χ3n) is 27.2. The number of nitrogens with zero attached hydrogens (tertiary/aromatic N) is 10. The van der Waals surface area contributed by atoms with Crippen LogP contribution in [0.2, 0.25) is 5.02 Å². The lowest BCUT2D eigenvalue weighted by Gasteiger charge is -2.21. The molecular weight excluding hydrogens is 1800 g/mol. The zero-order chi connectivity index (χ0) is 109.